The Morgan fingerprint density at radius 2 is 1.48 bits per heavy atom. The second kappa shape index (κ2) is 13.6. The highest BCUT2D eigenvalue weighted by Crippen LogP contribution is 2.36. The van der Waals surface area contributed by atoms with E-state index in [2.05, 4.69) is 25.9 Å². The van der Waals surface area contributed by atoms with Crippen molar-refractivity contribution in [3.05, 3.63) is 90.3 Å². The second-order valence-electron chi connectivity index (χ2n) is 14.3. The number of fused-ring (bicyclic) bond motifs is 2. The summed E-state index contributed by atoms with van der Waals surface area (Å²) in [5.74, 6) is 0.247. The maximum atomic E-state index is 14.6. The number of benzene rings is 2. The van der Waals surface area contributed by atoms with E-state index in [1.807, 2.05) is 13.0 Å². The van der Waals surface area contributed by atoms with Gasteiger partial charge in [-0.3, -0.25) is 4.40 Å². The molecule has 1 aliphatic heterocycles. The van der Waals surface area contributed by atoms with Crippen LogP contribution in [-0.4, -0.2) is 60.4 Å². The Labute approximate surface area is 305 Å². The van der Waals surface area contributed by atoms with Gasteiger partial charge in [-0.05, 0) is 100 Å². The number of pyridine rings is 2. The van der Waals surface area contributed by atoms with Crippen molar-refractivity contribution in [2.24, 2.45) is 0 Å². The zero-order chi connectivity index (χ0) is 37.8. The number of anilines is 2. The first kappa shape index (κ1) is 35.8. The molecule has 5 heterocycles. The zero-order valence-electron chi connectivity index (χ0n) is 29.1. The van der Waals surface area contributed by atoms with E-state index in [-0.39, 0.29) is 40.5 Å². The Kier molecular flexibility index (Phi) is 8.99. The molecule has 2 aliphatic rings. The van der Waals surface area contributed by atoms with Gasteiger partial charge in [0, 0.05) is 43.1 Å². The van der Waals surface area contributed by atoms with Crippen LogP contribution < -0.4 is 15.0 Å². The molecular weight excluding hydrogens is 714 g/mol. The topological polar surface area (TPSA) is 106 Å². The minimum absolute atomic E-state index is 0.0148. The quantitative estimate of drug-likeness (QED) is 0.113. The van der Waals surface area contributed by atoms with E-state index in [9.17, 15) is 31.4 Å². The third kappa shape index (κ3) is 7.31. The summed E-state index contributed by atoms with van der Waals surface area (Å²) in [6, 6.07) is 15.3. The van der Waals surface area contributed by atoms with E-state index in [0.29, 0.717) is 48.7 Å². The summed E-state index contributed by atoms with van der Waals surface area (Å²) in [5.41, 5.74) is -0.216. The summed E-state index contributed by atoms with van der Waals surface area (Å²) in [5, 5.41) is 30.4. The molecule has 4 aromatic heterocycles. The van der Waals surface area contributed by atoms with E-state index in [0.717, 1.165) is 49.9 Å². The maximum absolute atomic E-state index is 14.6. The second-order valence-corrected chi connectivity index (χ2v) is 14.3. The summed E-state index contributed by atoms with van der Waals surface area (Å²) in [4.78, 5) is 0. The van der Waals surface area contributed by atoms with Crippen LogP contribution >= 0.6 is 0 Å². The molecule has 3 N–H and O–H groups in total. The molecule has 6 aromatic rings. The fraction of sp³-hybridized carbons (Fsp3) is 0.368. The minimum Gasteiger partial charge on any atom is -0.390 e. The Bertz CT molecular complexity index is 2320. The number of aliphatic hydroxyl groups is 1. The van der Waals surface area contributed by atoms with Gasteiger partial charge in [-0.25, -0.2) is 0 Å². The highest BCUT2D eigenvalue weighted by atomic mass is 19.4. The van der Waals surface area contributed by atoms with Crippen molar-refractivity contribution in [2.75, 3.05) is 23.8 Å². The molecule has 10 nitrogen and oxygen atoms in total. The summed E-state index contributed by atoms with van der Waals surface area (Å²) < 4.78 is 95.2. The first-order valence-electron chi connectivity index (χ1n) is 17.7. The summed E-state index contributed by atoms with van der Waals surface area (Å²) in [7, 11) is 0. The third-order valence-corrected chi connectivity index (χ3v) is 10.2. The number of rotatable bonds is 7. The van der Waals surface area contributed by atoms with Gasteiger partial charge in [0.15, 0.2) is 11.5 Å². The average molecular weight is 752 g/mol. The molecule has 16 heteroatoms. The van der Waals surface area contributed by atoms with Crippen LogP contribution in [0.5, 0.6) is 0 Å². The molecule has 0 unspecified atom stereocenters. The Hall–Kier alpha value is -5.22. The molecule has 282 valence electrons. The maximum Gasteiger partial charge on any atom is 0.416 e. The molecule has 1 aliphatic carbocycles. The van der Waals surface area contributed by atoms with E-state index in [4.69, 9.17) is 4.74 Å². The van der Waals surface area contributed by atoms with Crippen LogP contribution in [0.25, 0.3) is 39.8 Å². The van der Waals surface area contributed by atoms with Crippen LogP contribution in [0, 0.1) is 0 Å². The van der Waals surface area contributed by atoms with Crippen molar-refractivity contribution >= 4 is 22.7 Å². The van der Waals surface area contributed by atoms with Gasteiger partial charge in [0.1, 0.15) is 5.69 Å². The fourth-order valence-corrected chi connectivity index (χ4v) is 7.23. The lowest BCUT2D eigenvalue weighted by atomic mass is 9.83. The van der Waals surface area contributed by atoms with Crippen LogP contribution in [0.1, 0.15) is 56.6 Å². The molecule has 2 fully saturated rings. The molecule has 0 radical (unpaired) electrons. The van der Waals surface area contributed by atoms with Crippen molar-refractivity contribution in [3.63, 3.8) is 0 Å². The van der Waals surface area contributed by atoms with Crippen LogP contribution in [0.2, 0.25) is 0 Å². The lowest BCUT2D eigenvalue weighted by Gasteiger charge is -2.33. The monoisotopic (exact) mass is 751 g/mol. The van der Waals surface area contributed by atoms with Gasteiger partial charge < -0.3 is 20.5 Å². The zero-order valence-corrected chi connectivity index (χ0v) is 29.1. The normalized spacial score (nSPS) is 20.1. The fourth-order valence-electron chi connectivity index (χ4n) is 7.23. The lowest BCUT2D eigenvalue weighted by Crippen LogP contribution is -2.35. The molecule has 54 heavy (non-hydrogen) atoms. The van der Waals surface area contributed by atoms with Gasteiger partial charge in [-0.1, -0.05) is 10.7 Å². The van der Waals surface area contributed by atoms with E-state index in [1.165, 1.54) is 22.9 Å². The van der Waals surface area contributed by atoms with Crippen molar-refractivity contribution in [1.29, 1.82) is 0 Å². The van der Waals surface area contributed by atoms with Crippen LogP contribution in [0.3, 0.4) is 0 Å². The van der Waals surface area contributed by atoms with E-state index in [1.54, 1.807) is 39.4 Å². The van der Waals surface area contributed by atoms with Crippen LogP contribution in [0.15, 0.2) is 79.1 Å². The van der Waals surface area contributed by atoms with Gasteiger partial charge in [-0.2, -0.15) is 30.7 Å². The Balaban J connectivity index is 1.24. The molecule has 1 saturated carbocycles. The van der Waals surface area contributed by atoms with Crippen LogP contribution in [-0.2, 0) is 17.1 Å². The number of aromatic nitrogens is 6. The number of hydrogen-bond acceptors (Lipinski definition) is 7. The molecule has 0 atom stereocenters. The van der Waals surface area contributed by atoms with E-state index >= 15 is 0 Å². The minimum atomic E-state index is -4.76. The van der Waals surface area contributed by atoms with Gasteiger partial charge in [-0.15, -0.1) is 10.2 Å². The van der Waals surface area contributed by atoms with Crippen molar-refractivity contribution in [1.82, 2.24) is 24.4 Å². The lowest BCUT2D eigenvalue weighted by molar-refractivity contribution is -0.499. The molecule has 0 bridgehead atoms. The standard InChI is InChI=1S/C38H37F6N8O2/c1-36(53)13-9-27(10-14-36)45-29-5-7-32-47-48-34(50(32)21-29)24-18-26(38(42,43)44)20-31(19-24)52-33-8-6-30(46-28-11-15-54-16-12-28)22-51(33)35(49-52)23-3-2-4-25(17-23)37(39,40)41/h2-8,17-22,27-28,45-46,53H,9-16H2,1H3/q+1. The van der Waals surface area contributed by atoms with E-state index < -0.39 is 29.1 Å². The molecule has 0 spiro atoms. The first-order chi connectivity index (χ1) is 25.7. The number of hydrogen-bond donors (Lipinski definition) is 3. The molecule has 0 amide bonds. The SMILES string of the molecule is CC1(O)CCC(Nc2ccc3nnc(-c4cc(-n5nc(-c6cccc(C(F)(F)F)c6)[n+]6cc(NC7CCOCC7)ccc56)cc(C(F)(F)F)c4)n3c2)CC1. The number of halogens is 6. The highest BCUT2D eigenvalue weighted by Gasteiger charge is 2.35. The van der Waals surface area contributed by atoms with Gasteiger partial charge in [0.05, 0.1) is 45.0 Å². The molecule has 2 aromatic carbocycles. The average Bonchev–Trinajstić information content (AvgIpc) is 3.74. The predicted molar refractivity (Wildman–Crippen MR) is 188 cm³/mol. The molecule has 1 saturated heterocycles. The van der Waals surface area contributed by atoms with Crippen LogP contribution in [0.4, 0.5) is 37.7 Å². The smallest absolute Gasteiger partial charge is 0.390 e. The molecular formula is C38H37F6N8O2+. The third-order valence-electron chi connectivity index (χ3n) is 10.2. The number of nitrogens with one attached hydrogen (secondary N) is 2. The number of nitrogens with zero attached hydrogens (tertiary/aromatic N) is 6. The highest BCUT2D eigenvalue weighted by molar-refractivity contribution is 5.67. The number of ether oxygens (including phenoxy) is 1. The van der Waals surface area contributed by atoms with Gasteiger partial charge in [0.2, 0.25) is 0 Å². The predicted octanol–water partition coefficient (Wildman–Crippen LogP) is 7.72. The summed E-state index contributed by atoms with van der Waals surface area (Å²) in [6.45, 7) is 2.99. The first-order valence-corrected chi connectivity index (χ1v) is 17.7. The number of alkyl halides is 6. The van der Waals surface area contributed by atoms with Gasteiger partial charge in [0.25, 0.3) is 5.65 Å². The Morgan fingerprint density at radius 3 is 2.22 bits per heavy atom. The van der Waals surface area contributed by atoms with Crippen molar-refractivity contribution in [3.8, 4) is 28.5 Å². The largest absolute Gasteiger partial charge is 0.416 e. The van der Waals surface area contributed by atoms with Crippen molar-refractivity contribution in [2.45, 2.75) is 75.5 Å². The van der Waals surface area contributed by atoms with Crippen molar-refractivity contribution < 1.29 is 40.6 Å². The Morgan fingerprint density at radius 1 is 0.796 bits per heavy atom. The summed E-state index contributed by atoms with van der Waals surface area (Å²) in [6.07, 6.45) is -1.67. The van der Waals surface area contributed by atoms with Gasteiger partial charge >= 0.3 is 18.2 Å². The summed E-state index contributed by atoms with van der Waals surface area (Å²) >= 11 is 0. The molecule has 8 rings (SSSR count).